The van der Waals surface area contributed by atoms with Crippen molar-refractivity contribution in [2.24, 2.45) is 0 Å². The Morgan fingerprint density at radius 2 is 2.06 bits per heavy atom. The van der Waals surface area contributed by atoms with E-state index in [2.05, 4.69) is 5.32 Å². The van der Waals surface area contributed by atoms with Gasteiger partial charge >= 0.3 is 0 Å². The largest absolute Gasteiger partial charge is 0.399 e. The van der Waals surface area contributed by atoms with Crippen LogP contribution in [0.15, 0.2) is 18.2 Å². The Morgan fingerprint density at radius 1 is 1.38 bits per heavy atom. The van der Waals surface area contributed by atoms with Gasteiger partial charge in [-0.2, -0.15) is 0 Å². The predicted octanol–water partition coefficient (Wildman–Crippen LogP) is -0.145. The summed E-state index contributed by atoms with van der Waals surface area (Å²) in [6.07, 6.45) is -0.699. The van der Waals surface area contributed by atoms with Gasteiger partial charge in [0.25, 0.3) is 0 Å². The lowest BCUT2D eigenvalue weighted by Crippen LogP contribution is -2.33. The standard InChI is InChI=1S/C11H19N3O2/c1-7(6-15)14-5-11(16)9-3-2-8(12)4-10(9)13/h2-4,7,11,14-16H,5-6,12-13H2,1H3. The van der Waals surface area contributed by atoms with Crippen LogP contribution in [-0.2, 0) is 0 Å². The molecule has 0 fully saturated rings. The van der Waals surface area contributed by atoms with Gasteiger partial charge in [-0.05, 0) is 19.1 Å². The van der Waals surface area contributed by atoms with E-state index >= 15 is 0 Å². The zero-order valence-electron chi connectivity index (χ0n) is 9.35. The van der Waals surface area contributed by atoms with Gasteiger partial charge in [-0.25, -0.2) is 0 Å². The van der Waals surface area contributed by atoms with Crippen molar-refractivity contribution < 1.29 is 10.2 Å². The Hall–Kier alpha value is -1.30. The Bertz CT molecular complexity index is 344. The van der Waals surface area contributed by atoms with Crippen LogP contribution in [0.3, 0.4) is 0 Å². The van der Waals surface area contributed by atoms with E-state index in [0.29, 0.717) is 23.5 Å². The van der Waals surface area contributed by atoms with Crippen molar-refractivity contribution in [1.82, 2.24) is 5.32 Å². The van der Waals surface area contributed by atoms with Crippen molar-refractivity contribution in [3.05, 3.63) is 23.8 Å². The van der Waals surface area contributed by atoms with Gasteiger partial charge in [0.2, 0.25) is 0 Å². The van der Waals surface area contributed by atoms with Gasteiger partial charge in [0.1, 0.15) is 0 Å². The first-order valence-corrected chi connectivity index (χ1v) is 5.21. The summed E-state index contributed by atoms with van der Waals surface area (Å²) in [6.45, 7) is 2.21. The Labute approximate surface area is 95.1 Å². The molecule has 0 saturated heterocycles. The number of nitrogens with two attached hydrogens (primary N) is 2. The summed E-state index contributed by atoms with van der Waals surface area (Å²) in [5.74, 6) is 0. The molecule has 0 aliphatic carbocycles. The van der Waals surface area contributed by atoms with E-state index in [1.54, 1.807) is 18.2 Å². The lowest BCUT2D eigenvalue weighted by Gasteiger charge is -2.17. The summed E-state index contributed by atoms with van der Waals surface area (Å²) < 4.78 is 0. The highest BCUT2D eigenvalue weighted by Gasteiger charge is 2.11. The van der Waals surface area contributed by atoms with Crippen molar-refractivity contribution in [2.45, 2.75) is 19.1 Å². The van der Waals surface area contributed by atoms with Crippen molar-refractivity contribution in [3.8, 4) is 0 Å². The monoisotopic (exact) mass is 225 g/mol. The Kier molecular flexibility index (Phi) is 4.54. The summed E-state index contributed by atoms with van der Waals surface area (Å²) in [7, 11) is 0. The fourth-order valence-corrected chi connectivity index (χ4v) is 1.38. The molecule has 0 aliphatic rings. The minimum atomic E-state index is -0.699. The average Bonchev–Trinajstić information content (AvgIpc) is 2.25. The first kappa shape index (κ1) is 12.8. The van der Waals surface area contributed by atoms with E-state index in [4.69, 9.17) is 16.6 Å². The number of aliphatic hydroxyl groups excluding tert-OH is 2. The van der Waals surface area contributed by atoms with Crippen LogP contribution in [0.1, 0.15) is 18.6 Å². The number of anilines is 2. The van der Waals surface area contributed by atoms with Gasteiger partial charge in [-0.1, -0.05) is 6.07 Å². The Balaban J connectivity index is 2.62. The van der Waals surface area contributed by atoms with Crippen LogP contribution in [0.25, 0.3) is 0 Å². The molecule has 0 amide bonds. The van der Waals surface area contributed by atoms with E-state index in [1.807, 2.05) is 6.92 Å². The molecule has 0 saturated carbocycles. The molecule has 5 heteroatoms. The van der Waals surface area contributed by atoms with Gasteiger partial charge in [-0.15, -0.1) is 0 Å². The highest BCUT2D eigenvalue weighted by molar-refractivity contribution is 5.57. The first-order valence-electron chi connectivity index (χ1n) is 5.21. The number of hydrogen-bond donors (Lipinski definition) is 5. The first-order chi connectivity index (χ1) is 7.54. The quantitative estimate of drug-likeness (QED) is 0.448. The predicted molar refractivity (Wildman–Crippen MR) is 64.8 cm³/mol. The maximum Gasteiger partial charge on any atom is 0.0934 e. The zero-order valence-corrected chi connectivity index (χ0v) is 9.35. The van der Waals surface area contributed by atoms with Crippen LogP contribution in [0, 0.1) is 0 Å². The van der Waals surface area contributed by atoms with Crippen molar-refractivity contribution in [1.29, 1.82) is 0 Å². The van der Waals surface area contributed by atoms with Gasteiger partial charge in [0.05, 0.1) is 12.7 Å². The van der Waals surface area contributed by atoms with Crippen molar-refractivity contribution in [2.75, 3.05) is 24.6 Å². The molecule has 0 spiro atoms. The molecule has 0 bridgehead atoms. The molecule has 2 unspecified atom stereocenters. The SMILES string of the molecule is CC(CO)NCC(O)c1ccc(N)cc1N. The van der Waals surface area contributed by atoms with Crippen LogP contribution < -0.4 is 16.8 Å². The fourth-order valence-electron chi connectivity index (χ4n) is 1.38. The maximum atomic E-state index is 9.87. The van der Waals surface area contributed by atoms with E-state index in [1.165, 1.54) is 0 Å². The molecule has 0 radical (unpaired) electrons. The minimum absolute atomic E-state index is 0.0317. The molecule has 0 aliphatic heterocycles. The second-order valence-corrected chi connectivity index (χ2v) is 3.90. The topological polar surface area (TPSA) is 105 Å². The molecular weight excluding hydrogens is 206 g/mol. The third-order valence-electron chi connectivity index (χ3n) is 2.40. The lowest BCUT2D eigenvalue weighted by atomic mass is 10.1. The lowest BCUT2D eigenvalue weighted by molar-refractivity contribution is 0.162. The number of nitrogens with one attached hydrogen (secondary N) is 1. The van der Waals surface area contributed by atoms with Crippen LogP contribution in [0.2, 0.25) is 0 Å². The number of aliphatic hydroxyl groups is 2. The minimum Gasteiger partial charge on any atom is -0.399 e. The summed E-state index contributed by atoms with van der Waals surface area (Å²) in [6, 6.07) is 4.98. The van der Waals surface area contributed by atoms with Gasteiger partial charge in [-0.3, -0.25) is 0 Å². The smallest absolute Gasteiger partial charge is 0.0934 e. The summed E-state index contributed by atoms with van der Waals surface area (Å²) in [4.78, 5) is 0. The molecule has 90 valence electrons. The molecule has 1 rings (SSSR count). The van der Waals surface area contributed by atoms with E-state index in [0.717, 1.165) is 0 Å². The third kappa shape index (κ3) is 3.37. The fraction of sp³-hybridized carbons (Fsp3) is 0.455. The van der Waals surface area contributed by atoms with Gasteiger partial charge < -0.3 is 27.0 Å². The van der Waals surface area contributed by atoms with Crippen molar-refractivity contribution >= 4 is 11.4 Å². The summed E-state index contributed by atoms with van der Waals surface area (Å²) in [5, 5.41) is 21.7. The normalized spacial score (nSPS) is 14.7. The molecule has 7 N–H and O–H groups in total. The highest BCUT2D eigenvalue weighted by Crippen LogP contribution is 2.22. The summed E-state index contributed by atoms with van der Waals surface area (Å²) >= 11 is 0. The van der Waals surface area contributed by atoms with Crippen LogP contribution in [0.5, 0.6) is 0 Å². The molecule has 1 aromatic rings. The van der Waals surface area contributed by atoms with Crippen LogP contribution >= 0.6 is 0 Å². The average molecular weight is 225 g/mol. The van der Waals surface area contributed by atoms with E-state index < -0.39 is 6.10 Å². The second kappa shape index (κ2) is 5.69. The van der Waals surface area contributed by atoms with Crippen LogP contribution in [-0.4, -0.2) is 29.4 Å². The molecule has 0 heterocycles. The summed E-state index contributed by atoms with van der Waals surface area (Å²) in [5.41, 5.74) is 13.0. The number of benzene rings is 1. The number of rotatable bonds is 5. The molecule has 16 heavy (non-hydrogen) atoms. The Morgan fingerprint density at radius 3 is 2.62 bits per heavy atom. The molecule has 0 aromatic heterocycles. The molecule has 2 atom stereocenters. The third-order valence-corrected chi connectivity index (χ3v) is 2.40. The number of hydrogen-bond acceptors (Lipinski definition) is 5. The van der Waals surface area contributed by atoms with E-state index in [9.17, 15) is 5.11 Å². The van der Waals surface area contributed by atoms with Gasteiger partial charge in [0, 0.05) is 29.5 Å². The molecular formula is C11H19N3O2. The van der Waals surface area contributed by atoms with E-state index in [-0.39, 0.29) is 12.6 Å². The van der Waals surface area contributed by atoms with Crippen LogP contribution in [0.4, 0.5) is 11.4 Å². The molecule has 1 aromatic carbocycles. The van der Waals surface area contributed by atoms with Crippen molar-refractivity contribution in [3.63, 3.8) is 0 Å². The maximum absolute atomic E-state index is 9.87. The highest BCUT2D eigenvalue weighted by atomic mass is 16.3. The second-order valence-electron chi connectivity index (χ2n) is 3.90. The molecule has 5 nitrogen and oxygen atoms in total. The van der Waals surface area contributed by atoms with Gasteiger partial charge in [0.15, 0.2) is 0 Å². The zero-order chi connectivity index (χ0) is 12.1. The number of nitrogen functional groups attached to an aromatic ring is 2.